The Labute approximate surface area is 182 Å². The lowest BCUT2D eigenvalue weighted by molar-refractivity contribution is 0.0331. The van der Waals surface area contributed by atoms with Crippen LogP contribution in [0.2, 0.25) is 0 Å². The van der Waals surface area contributed by atoms with Gasteiger partial charge in [-0.2, -0.15) is 0 Å². The number of morpholine rings is 1. The van der Waals surface area contributed by atoms with Gasteiger partial charge in [-0.15, -0.1) is 11.3 Å². The number of nitrogens with zero attached hydrogens (tertiary/aromatic N) is 4. The number of ether oxygens (including phenoxy) is 2. The van der Waals surface area contributed by atoms with Gasteiger partial charge in [0.1, 0.15) is 28.8 Å². The molecule has 6 nitrogen and oxygen atoms in total. The minimum Gasteiger partial charge on any atom is -0.492 e. The van der Waals surface area contributed by atoms with Crippen molar-refractivity contribution >= 4 is 27.4 Å². The molecule has 3 aromatic rings. The Balaban J connectivity index is 1.54. The average Bonchev–Trinajstić information content (AvgIpc) is 3.02. The van der Waals surface area contributed by atoms with Gasteiger partial charge in [0, 0.05) is 25.0 Å². The lowest BCUT2D eigenvalue weighted by atomic mass is 10.2. The summed E-state index contributed by atoms with van der Waals surface area (Å²) in [5.74, 6) is 2.79. The van der Waals surface area contributed by atoms with E-state index in [2.05, 4.69) is 49.8 Å². The van der Waals surface area contributed by atoms with E-state index >= 15 is 0 Å². The first-order chi connectivity index (χ1) is 14.5. The van der Waals surface area contributed by atoms with Gasteiger partial charge in [-0.25, -0.2) is 9.97 Å². The number of aryl methyl sites for hydroxylation is 3. The summed E-state index contributed by atoms with van der Waals surface area (Å²) in [6, 6.07) is 8.17. The number of anilines is 1. The number of thiophene rings is 1. The molecule has 7 heteroatoms. The zero-order valence-corrected chi connectivity index (χ0v) is 19.1. The number of aromatic nitrogens is 2. The van der Waals surface area contributed by atoms with Gasteiger partial charge in [-0.05, 0) is 44.0 Å². The summed E-state index contributed by atoms with van der Waals surface area (Å²) in [5.41, 5.74) is 2.48. The van der Waals surface area contributed by atoms with Crippen LogP contribution in [0.4, 0.5) is 5.82 Å². The van der Waals surface area contributed by atoms with E-state index in [4.69, 9.17) is 19.4 Å². The Morgan fingerprint density at radius 1 is 1.17 bits per heavy atom. The van der Waals surface area contributed by atoms with Gasteiger partial charge in [-0.1, -0.05) is 12.1 Å². The first-order valence-corrected chi connectivity index (χ1v) is 11.3. The standard InChI is InChI=1S/C23H30N4O2S/c1-16-6-5-7-19(14-16)29-13-8-26(4)22-21-17(2)18(3)30-23(21)25-20(24-22)15-27-9-11-28-12-10-27/h5-7,14H,8-13,15H2,1-4H3. The van der Waals surface area contributed by atoms with E-state index in [0.29, 0.717) is 6.61 Å². The van der Waals surface area contributed by atoms with Crippen LogP contribution in [-0.2, 0) is 11.3 Å². The highest BCUT2D eigenvalue weighted by Crippen LogP contribution is 2.34. The van der Waals surface area contributed by atoms with Gasteiger partial charge in [0.2, 0.25) is 0 Å². The minimum atomic E-state index is 0.604. The van der Waals surface area contributed by atoms with Crippen LogP contribution in [0.5, 0.6) is 5.75 Å². The van der Waals surface area contributed by atoms with Crippen LogP contribution in [-0.4, -0.2) is 61.4 Å². The topological polar surface area (TPSA) is 50.7 Å². The van der Waals surface area contributed by atoms with Crippen molar-refractivity contribution in [3.63, 3.8) is 0 Å². The first-order valence-electron chi connectivity index (χ1n) is 10.5. The Hall–Kier alpha value is -2.22. The quantitative estimate of drug-likeness (QED) is 0.570. The molecule has 0 amide bonds. The maximum absolute atomic E-state index is 5.97. The Morgan fingerprint density at radius 3 is 2.73 bits per heavy atom. The highest BCUT2D eigenvalue weighted by molar-refractivity contribution is 7.18. The van der Waals surface area contributed by atoms with Gasteiger partial charge in [0.25, 0.3) is 0 Å². The molecule has 0 radical (unpaired) electrons. The molecule has 160 valence electrons. The summed E-state index contributed by atoms with van der Waals surface area (Å²) in [6.45, 7) is 11.9. The molecule has 30 heavy (non-hydrogen) atoms. The van der Waals surface area contributed by atoms with Crippen LogP contribution in [0.3, 0.4) is 0 Å². The van der Waals surface area contributed by atoms with Crippen molar-refractivity contribution < 1.29 is 9.47 Å². The van der Waals surface area contributed by atoms with Crippen molar-refractivity contribution in [2.45, 2.75) is 27.3 Å². The van der Waals surface area contributed by atoms with E-state index in [9.17, 15) is 0 Å². The molecular formula is C23H30N4O2S. The normalized spacial score (nSPS) is 14.9. The molecule has 0 unspecified atom stereocenters. The van der Waals surface area contributed by atoms with Crippen molar-refractivity contribution in [3.05, 3.63) is 46.1 Å². The number of likely N-dealkylation sites (N-methyl/N-ethyl adjacent to an activating group) is 1. The minimum absolute atomic E-state index is 0.604. The molecule has 2 aromatic heterocycles. The Kier molecular flexibility index (Phi) is 6.51. The molecule has 0 bridgehead atoms. The van der Waals surface area contributed by atoms with E-state index in [1.807, 2.05) is 12.1 Å². The fraction of sp³-hybridized carbons (Fsp3) is 0.478. The molecule has 4 rings (SSSR count). The summed E-state index contributed by atoms with van der Waals surface area (Å²) in [5, 5.41) is 1.17. The van der Waals surface area contributed by atoms with Crippen molar-refractivity contribution in [1.29, 1.82) is 0 Å². The SMILES string of the molecule is Cc1cccc(OCCN(C)c2nc(CN3CCOCC3)nc3sc(C)c(C)c23)c1. The fourth-order valence-electron chi connectivity index (χ4n) is 3.69. The summed E-state index contributed by atoms with van der Waals surface area (Å²) < 4.78 is 11.4. The molecule has 3 heterocycles. The van der Waals surface area contributed by atoms with E-state index in [1.165, 1.54) is 21.4 Å². The first kappa shape index (κ1) is 21.0. The van der Waals surface area contributed by atoms with E-state index in [1.54, 1.807) is 11.3 Å². The molecule has 1 aliphatic rings. The molecular weight excluding hydrogens is 396 g/mol. The largest absolute Gasteiger partial charge is 0.492 e. The Morgan fingerprint density at radius 2 is 1.97 bits per heavy atom. The van der Waals surface area contributed by atoms with Crippen LogP contribution >= 0.6 is 11.3 Å². The van der Waals surface area contributed by atoms with Gasteiger partial charge in [0.15, 0.2) is 0 Å². The predicted octanol–water partition coefficient (Wildman–Crippen LogP) is 3.96. The van der Waals surface area contributed by atoms with E-state index < -0.39 is 0 Å². The molecule has 1 aromatic carbocycles. The smallest absolute Gasteiger partial charge is 0.146 e. The summed E-state index contributed by atoms with van der Waals surface area (Å²) >= 11 is 1.76. The van der Waals surface area contributed by atoms with Crippen LogP contribution in [0.1, 0.15) is 21.8 Å². The highest BCUT2D eigenvalue weighted by Gasteiger charge is 2.19. The summed E-state index contributed by atoms with van der Waals surface area (Å²) in [6.07, 6.45) is 0. The molecule has 0 aliphatic carbocycles. The molecule has 1 fully saturated rings. The molecule has 0 atom stereocenters. The molecule has 0 saturated carbocycles. The third-order valence-corrected chi connectivity index (χ3v) is 6.67. The maximum Gasteiger partial charge on any atom is 0.146 e. The van der Waals surface area contributed by atoms with Crippen LogP contribution in [0.25, 0.3) is 10.2 Å². The average molecular weight is 427 g/mol. The lowest BCUT2D eigenvalue weighted by Crippen LogP contribution is -2.36. The maximum atomic E-state index is 5.97. The van der Waals surface area contributed by atoms with Gasteiger partial charge in [-0.3, -0.25) is 4.90 Å². The monoisotopic (exact) mass is 426 g/mol. The molecule has 0 N–H and O–H groups in total. The second kappa shape index (κ2) is 9.29. The number of hydrogen-bond acceptors (Lipinski definition) is 7. The van der Waals surface area contributed by atoms with Crippen LogP contribution < -0.4 is 9.64 Å². The zero-order chi connectivity index (χ0) is 21.1. The number of benzene rings is 1. The second-order valence-electron chi connectivity index (χ2n) is 7.90. The van der Waals surface area contributed by atoms with Gasteiger partial charge < -0.3 is 14.4 Å². The highest BCUT2D eigenvalue weighted by atomic mass is 32.1. The zero-order valence-electron chi connectivity index (χ0n) is 18.3. The van der Waals surface area contributed by atoms with E-state index in [-0.39, 0.29) is 0 Å². The van der Waals surface area contributed by atoms with Crippen molar-refractivity contribution in [1.82, 2.24) is 14.9 Å². The second-order valence-corrected chi connectivity index (χ2v) is 9.11. The number of fused-ring (bicyclic) bond motifs is 1. The third kappa shape index (κ3) is 4.74. The molecule has 1 saturated heterocycles. The fourth-order valence-corrected chi connectivity index (χ4v) is 4.73. The van der Waals surface area contributed by atoms with Crippen molar-refractivity contribution in [2.75, 3.05) is 51.4 Å². The lowest BCUT2D eigenvalue weighted by Gasteiger charge is -2.26. The van der Waals surface area contributed by atoms with Crippen molar-refractivity contribution in [3.8, 4) is 5.75 Å². The third-order valence-electron chi connectivity index (χ3n) is 5.57. The summed E-state index contributed by atoms with van der Waals surface area (Å²) in [4.78, 5) is 16.8. The van der Waals surface area contributed by atoms with E-state index in [0.717, 1.165) is 61.6 Å². The molecule has 1 aliphatic heterocycles. The number of hydrogen-bond donors (Lipinski definition) is 0. The van der Waals surface area contributed by atoms with Gasteiger partial charge >= 0.3 is 0 Å². The summed E-state index contributed by atoms with van der Waals surface area (Å²) in [7, 11) is 2.09. The van der Waals surface area contributed by atoms with Crippen LogP contribution in [0.15, 0.2) is 24.3 Å². The number of rotatable bonds is 7. The predicted molar refractivity (Wildman–Crippen MR) is 123 cm³/mol. The van der Waals surface area contributed by atoms with Gasteiger partial charge in [0.05, 0.1) is 31.7 Å². The Bertz CT molecular complexity index is 1010. The molecule has 0 spiro atoms. The van der Waals surface area contributed by atoms with Crippen LogP contribution in [0, 0.1) is 20.8 Å². The van der Waals surface area contributed by atoms with Crippen molar-refractivity contribution in [2.24, 2.45) is 0 Å².